The van der Waals surface area contributed by atoms with Gasteiger partial charge in [0.1, 0.15) is 10.9 Å². The highest BCUT2D eigenvalue weighted by Crippen LogP contribution is 2.30. The fraction of sp³-hybridized carbons (Fsp3) is 0.450. The van der Waals surface area contributed by atoms with E-state index in [1.165, 1.54) is 0 Å². The van der Waals surface area contributed by atoms with Crippen molar-refractivity contribution >= 4 is 32.9 Å². The molecular formula is C20H21N3O3S. The SMILES string of the molecule is N#CC(C(=O)C1CCC(=O)N1Cc1ccc2c(c1)CNC2=O)=S1CCCC1. The Morgan fingerprint density at radius 2 is 2.07 bits per heavy atom. The molecule has 6 nitrogen and oxygen atoms in total. The lowest BCUT2D eigenvalue weighted by Gasteiger charge is -2.24. The molecule has 4 rings (SSSR count). The van der Waals surface area contributed by atoms with Gasteiger partial charge in [-0.15, -0.1) is 0 Å². The molecular weight excluding hydrogens is 362 g/mol. The van der Waals surface area contributed by atoms with Gasteiger partial charge in [-0.05, 0) is 48.0 Å². The molecule has 2 saturated heterocycles. The van der Waals surface area contributed by atoms with Gasteiger partial charge in [-0.2, -0.15) is 15.7 Å². The van der Waals surface area contributed by atoms with Crippen molar-refractivity contribution in [1.29, 1.82) is 5.26 Å². The molecule has 2 fully saturated rings. The fourth-order valence-electron chi connectivity index (χ4n) is 4.06. The second-order valence-electron chi connectivity index (χ2n) is 7.16. The molecule has 140 valence electrons. The van der Waals surface area contributed by atoms with Gasteiger partial charge in [0.2, 0.25) is 11.7 Å². The molecule has 0 bridgehead atoms. The first-order chi connectivity index (χ1) is 13.1. The molecule has 0 radical (unpaired) electrons. The average molecular weight is 383 g/mol. The number of Topliss-reactive ketones (excluding diaryl/α,β-unsaturated/α-hetero) is 1. The van der Waals surface area contributed by atoms with Crippen LogP contribution in [0, 0.1) is 11.3 Å². The van der Waals surface area contributed by atoms with Gasteiger partial charge >= 0.3 is 0 Å². The number of benzene rings is 1. The molecule has 7 heteroatoms. The van der Waals surface area contributed by atoms with Crippen LogP contribution in [0.1, 0.15) is 47.2 Å². The first-order valence-electron chi connectivity index (χ1n) is 9.26. The minimum atomic E-state index is -0.534. The van der Waals surface area contributed by atoms with E-state index >= 15 is 0 Å². The van der Waals surface area contributed by atoms with Crippen LogP contribution in [0.2, 0.25) is 0 Å². The van der Waals surface area contributed by atoms with Crippen LogP contribution in [0.4, 0.5) is 0 Å². The molecule has 0 spiro atoms. The Morgan fingerprint density at radius 1 is 1.30 bits per heavy atom. The lowest BCUT2D eigenvalue weighted by Crippen LogP contribution is -2.41. The number of hydrogen-bond acceptors (Lipinski definition) is 4. The molecule has 3 heterocycles. The summed E-state index contributed by atoms with van der Waals surface area (Å²) >= 11 is 0. The van der Waals surface area contributed by atoms with Gasteiger partial charge in [0.15, 0.2) is 0 Å². The van der Waals surface area contributed by atoms with Crippen molar-refractivity contribution in [3.05, 3.63) is 34.9 Å². The van der Waals surface area contributed by atoms with E-state index in [0.29, 0.717) is 36.4 Å². The Balaban J connectivity index is 1.57. The number of nitrogens with one attached hydrogen (secondary N) is 1. The van der Waals surface area contributed by atoms with Crippen molar-refractivity contribution in [1.82, 2.24) is 10.2 Å². The Bertz CT molecular complexity index is 908. The van der Waals surface area contributed by atoms with Gasteiger partial charge in [-0.1, -0.05) is 12.1 Å². The number of carbonyl (C=O) groups excluding carboxylic acids is 3. The van der Waals surface area contributed by atoms with E-state index in [-0.39, 0.29) is 28.1 Å². The Labute approximate surface area is 160 Å². The number of hydrogen-bond donors (Lipinski definition) is 1. The van der Waals surface area contributed by atoms with Crippen LogP contribution in [-0.2, 0) is 22.7 Å². The second kappa shape index (κ2) is 7.28. The second-order valence-corrected chi connectivity index (χ2v) is 9.37. The van der Waals surface area contributed by atoms with Crippen molar-refractivity contribution in [2.75, 3.05) is 11.5 Å². The van der Waals surface area contributed by atoms with Crippen LogP contribution >= 0.6 is 10.5 Å². The third kappa shape index (κ3) is 3.30. The van der Waals surface area contributed by atoms with Crippen LogP contribution in [0.15, 0.2) is 18.2 Å². The lowest BCUT2D eigenvalue weighted by molar-refractivity contribution is -0.132. The molecule has 27 heavy (non-hydrogen) atoms. The van der Waals surface area contributed by atoms with Gasteiger partial charge in [-0.25, -0.2) is 0 Å². The number of amides is 2. The summed E-state index contributed by atoms with van der Waals surface area (Å²) in [6.07, 6.45) is 2.95. The first-order valence-corrected chi connectivity index (χ1v) is 10.8. The molecule has 0 aliphatic carbocycles. The van der Waals surface area contributed by atoms with Crippen molar-refractivity contribution in [2.24, 2.45) is 0 Å². The Hall–Kier alpha value is -2.46. The number of likely N-dealkylation sites (tertiary alicyclic amines) is 1. The maximum atomic E-state index is 13.0. The van der Waals surface area contributed by atoms with Gasteiger partial charge in [0, 0.05) is 25.1 Å². The van der Waals surface area contributed by atoms with E-state index < -0.39 is 6.04 Å². The van der Waals surface area contributed by atoms with Gasteiger partial charge in [-0.3, -0.25) is 14.4 Å². The van der Waals surface area contributed by atoms with E-state index in [1.807, 2.05) is 12.1 Å². The molecule has 3 aliphatic heterocycles. The zero-order chi connectivity index (χ0) is 19.0. The monoisotopic (exact) mass is 383 g/mol. The first kappa shape index (κ1) is 17.9. The highest BCUT2D eigenvalue weighted by Gasteiger charge is 2.38. The maximum absolute atomic E-state index is 13.0. The van der Waals surface area contributed by atoms with Crippen molar-refractivity contribution in [2.45, 2.75) is 44.8 Å². The molecule has 0 aromatic heterocycles. The van der Waals surface area contributed by atoms with Gasteiger partial charge in [0.25, 0.3) is 5.91 Å². The van der Waals surface area contributed by atoms with Crippen molar-refractivity contribution in [3.8, 4) is 6.07 Å². The summed E-state index contributed by atoms with van der Waals surface area (Å²) in [6.45, 7) is 0.830. The smallest absolute Gasteiger partial charge is 0.251 e. The third-order valence-corrected chi connectivity index (χ3v) is 7.92. The summed E-state index contributed by atoms with van der Waals surface area (Å²) in [6, 6.07) is 7.16. The average Bonchev–Trinajstić information content (AvgIpc) is 3.39. The lowest BCUT2D eigenvalue weighted by atomic mass is 10.0. The normalized spacial score (nSPS) is 21.9. The number of fused-ring (bicyclic) bond motifs is 1. The van der Waals surface area contributed by atoms with Gasteiger partial charge < -0.3 is 10.2 Å². The van der Waals surface area contributed by atoms with E-state index in [2.05, 4.69) is 11.4 Å². The van der Waals surface area contributed by atoms with Crippen LogP contribution in [0.3, 0.4) is 0 Å². The molecule has 1 unspecified atom stereocenters. The zero-order valence-electron chi connectivity index (χ0n) is 15.0. The van der Waals surface area contributed by atoms with Crippen LogP contribution in [0.25, 0.3) is 0 Å². The van der Waals surface area contributed by atoms with Crippen LogP contribution in [0.5, 0.6) is 0 Å². The zero-order valence-corrected chi connectivity index (χ0v) is 15.8. The van der Waals surface area contributed by atoms with E-state index in [4.69, 9.17) is 0 Å². The molecule has 1 aromatic carbocycles. The summed E-state index contributed by atoms with van der Waals surface area (Å²) in [4.78, 5) is 39.2. The molecule has 2 amide bonds. The highest BCUT2D eigenvalue weighted by molar-refractivity contribution is 8.17. The van der Waals surface area contributed by atoms with E-state index in [0.717, 1.165) is 35.5 Å². The van der Waals surface area contributed by atoms with Crippen LogP contribution < -0.4 is 5.32 Å². The van der Waals surface area contributed by atoms with Crippen LogP contribution in [-0.4, -0.2) is 44.9 Å². The summed E-state index contributed by atoms with van der Waals surface area (Å²) in [5.41, 5.74) is 2.49. The Morgan fingerprint density at radius 3 is 2.81 bits per heavy atom. The van der Waals surface area contributed by atoms with Crippen molar-refractivity contribution in [3.63, 3.8) is 0 Å². The van der Waals surface area contributed by atoms with E-state index in [9.17, 15) is 19.6 Å². The van der Waals surface area contributed by atoms with Crippen molar-refractivity contribution < 1.29 is 14.4 Å². The molecule has 1 aromatic rings. The quantitative estimate of drug-likeness (QED) is 0.802. The number of nitriles is 1. The summed E-state index contributed by atoms with van der Waals surface area (Å²) in [7, 11) is -0.245. The molecule has 0 saturated carbocycles. The maximum Gasteiger partial charge on any atom is 0.251 e. The largest absolute Gasteiger partial charge is 0.348 e. The predicted octanol–water partition coefficient (Wildman–Crippen LogP) is 1.75. The fourth-order valence-corrected chi connectivity index (χ4v) is 6.32. The standard InChI is InChI=1S/C20H21N3O3S/c21-10-17(27-7-1-2-8-27)19(25)16-5-6-18(24)23(16)12-13-3-4-15-14(9-13)11-22-20(15)26/h3-4,9,16H,1-2,5-8,11-12H2,(H,22,26). The molecule has 3 aliphatic rings. The number of nitrogens with zero attached hydrogens (tertiary/aromatic N) is 2. The number of ketones is 1. The number of rotatable bonds is 4. The summed E-state index contributed by atoms with van der Waals surface area (Å²) in [5, 5.41) is 12.3. The topological polar surface area (TPSA) is 90.3 Å². The van der Waals surface area contributed by atoms with Gasteiger partial charge in [0.05, 0.1) is 6.04 Å². The molecule has 1 atom stereocenters. The highest BCUT2D eigenvalue weighted by atomic mass is 32.2. The van der Waals surface area contributed by atoms with E-state index in [1.54, 1.807) is 11.0 Å². The molecule has 1 N–H and O–H groups in total. The minimum absolute atomic E-state index is 0.0462. The summed E-state index contributed by atoms with van der Waals surface area (Å²) in [5.74, 6) is 1.55. The number of carbonyl (C=O) groups is 3. The predicted molar refractivity (Wildman–Crippen MR) is 103 cm³/mol. The minimum Gasteiger partial charge on any atom is -0.348 e. The summed E-state index contributed by atoms with van der Waals surface area (Å²) < 4.78 is 0. The Kier molecular flexibility index (Phi) is 4.83. The third-order valence-electron chi connectivity index (χ3n) is 5.48.